The zero-order valence-electron chi connectivity index (χ0n) is 15.9. The van der Waals surface area contributed by atoms with E-state index in [1.54, 1.807) is 7.11 Å². The summed E-state index contributed by atoms with van der Waals surface area (Å²) in [6, 6.07) is 15.2. The largest absolute Gasteiger partial charge is 0.497 e. The maximum absolute atomic E-state index is 13.1. The number of hydrogen-bond acceptors (Lipinski definition) is 3. The summed E-state index contributed by atoms with van der Waals surface area (Å²) in [6.07, 6.45) is 1.94. The second kappa shape index (κ2) is 7.68. The molecule has 4 rings (SSSR count). The standard InChI is InChI=1S/C22H22ClN3O2/c1-3-4-13-26-21(16-7-5-6-8-17(16)23)18-19(24-25-20(18)22(26)27)14-9-11-15(28-2)12-10-14/h5-12,21H,3-4,13H2,1-2H3,(H,24,25). The van der Waals surface area contributed by atoms with E-state index in [0.29, 0.717) is 17.3 Å². The number of aromatic nitrogens is 2. The van der Waals surface area contributed by atoms with Gasteiger partial charge < -0.3 is 9.64 Å². The van der Waals surface area contributed by atoms with Crippen molar-refractivity contribution < 1.29 is 9.53 Å². The molecule has 1 N–H and O–H groups in total. The number of nitrogens with zero attached hydrogens (tertiary/aromatic N) is 2. The number of ether oxygens (including phenoxy) is 1. The van der Waals surface area contributed by atoms with Crippen LogP contribution in [0.25, 0.3) is 11.3 Å². The van der Waals surface area contributed by atoms with Crippen LogP contribution in [0.4, 0.5) is 0 Å². The average molecular weight is 396 g/mol. The monoisotopic (exact) mass is 395 g/mol. The van der Waals surface area contributed by atoms with E-state index in [1.165, 1.54) is 0 Å². The smallest absolute Gasteiger partial charge is 0.273 e. The minimum atomic E-state index is -0.251. The molecule has 1 aliphatic rings. The lowest BCUT2D eigenvalue weighted by molar-refractivity contribution is 0.0741. The number of carbonyl (C=O) groups is 1. The number of amides is 1. The van der Waals surface area contributed by atoms with Gasteiger partial charge in [-0.3, -0.25) is 9.89 Å². The summed E-state index contributed by atoms with van der Waals surface area (Å²) in [7, 11) is 1.64. The number of rotatable bonds is 6. The third-order valence-electron chi connectivity index (χ3n) is 5.18. The Balaban J connectivity index is 1.85. The number of methoxy groups -OCH3 is 1. The number of hydrogen-bond donors (Lipinski definition) is 1. The van der Waals surface area contributed by atoms with Gasteiger partial charge in [0.1, 0.15) is 11.4 Å². The number of H-pyrrole nitrogens is 1. The van der Waals surface area contributed by atoms with Crippen LogP contribution in [0.5, 0.6) is 5.75 Å². The van der Waals surface area contributed by atoms with Gasteiger partial charge in [-0.2, -0.15) is 5.10 Å². The highest BCUT2D eigenvalue weighted by molar-refractivity contribution is 6.31. The van der Waals surface area contributed by atoms with Crippen LogP contribution in [-0.2, 0) is 0 Å². The molecule has 0 fully saturated rings. The summed E-state index contributed by atoms with van der Waals surface area (Å²) < 4.78 is 5.26. The van der Waals surface area contributed by atoms with Gasteiger partial charge in [0.05, 0.1) is 18.8 Å². The predicted molar refractivity (Wildman–Crippen MR) is 110 cm³/mol. The predicted octanol–water partition coefficient (Wildman–Crippen LogP) is 5.08. The van der Waals surface area contributed by atoms with Crippen molar-refractivity contribution in [2.24, 2.45) is 0 Å². The van der Waals surface area contributed by atoms with Crippen molar-refractivity contribution in [2.75, 3.05) is 13.7 Å². The van der Waals surface area contributed by atoms with Crippen LogP contribution in [-0.4, -0.2) is 34.7 Å². The molecular formula is C22H22ClN3O2. The van der Waals surface area contributed by atoms with Gasteiger partial charge in [-0.1, -0.05) is 43.1 Å². The third-order valence-corrected chi connectivity index (χ3v) is 5.52. The molecule has 1 atom stereocenters. The summed E-state index contributed by atoms with van der Waals surface area (Å²) in [5.74, 6) is 0.750. The van der Waals surface area contributed by atoms with Crippen LogP contribution in [0.3, 0.4) is 0 Å². The van der Waals surface area contributed by atoms with Crippen LogP contribution < -0.4 is 4.74 Å². The van der Waals surface area contributed by atoms with E-state index < -0.39 is 0 Å². The highest BCUT2D eigenvalue weighted by atomic mass is 35.5. The Labute approximate surface area is 169 Å². The zero-order chi connectivity index (χ0) is 19.7. The molecule has 2 heterocycles. The number of unbranched alkanes of at least 4 members (excludes halogenated alkanes) is 1. The molecule has 2 aromatic carbocycles. The Hall–Kier alpha value is -2.79. The van der Waals surface area contributed by atoms with Crippen LogP contribution in [0.1, 0.15) is 47.4 Å². The fourth-order valence-electron chi connectivity index (χ4n) is 3.74. The molecule has 144 valence electrons. The van der Waals surface area contributed by atoms with Crippen molar-refractivity contribution in [3.63, 3.8) is 0 Å². The minimum Gasteiger partial charge on any atom is -0.497 e. The molecule has 0 radical (unpaired) electrons. The van der Waals surface area contributed by atoms with Crippen molar-refractivity contribution in [1.29, 1.82) is 0 Å². The number of aromatic amines is 1. The molecule has 1 aliphatic heterocycles. The SMILES string of the molecule is CCCCN1C(=O)c2[nH]nc(-c3ccc(OC)cc3)c2C1c1ccccc1Cl. The van der Waals surface area contributed by atoms with Gasteiger partial charge in [-0.05, 0) is 42.3 Å². The Morgan fingerprint density at radius 1 is 1.18 bits per heavy atom. The van der Waals surface area contributed by atoms with Crippen molar-refractivity contribution in [3.05, 3.63) is 70.4 Å². The highest BCUT2D eigenvalue weighted by Gasteiger charge is 2.42. The van der Waals surface area contributed by atoms with Gasteiger partial charge in [0.25, 0.3) is 5.91 Å². The zero-order valence-corrected chi connectivity index (χ0v) is 16.7. The molecule has 0 spiro atoms. The third kappa shape index (κ3) is 3.06. The Bertz CT molecular complexity index is 997. The van der Waals surface area contributed by atoms with E-state index >= 15 is 0 Å². The molecule has 1 unspecified atom stereocenters. The number of fused-ring (bicyclic) bond motifs is 1. The first kappa shape index (κ1) is 18.6. The maximum Gasteiger partial charge on any atom is 0.273 e. The van der Waals surface area contributed by atoms with Crippen LogP contribution in [0, 0.1) is 0 Å². The molecule has 5 nitrogen and oxygen atoms in total. The lowest BCUT2D eigenvalue weighted by Gasteiger charge is -2.27. The molecule has 1 aromatic heterocycles. The molecule has 28 heavy (non-hydrogen) atoms. The minimum absolute atomic E-state index is 0.0272. The molecule has 3 aromatic rings. The average Bonchev–Trinajstić information content (AvgIpc) is 3.26. The van der Waals surface area contributed by atoms with Crippen molar-refractivity contribution in [1.82, 2.24) is 15.1 Å². The number of halogens is 1. The molecule has 0 saturated heterocycles. The lowest BCUT2D eigenvalue weighted by Crippen LogP contribution is -2.30. The Morgan fingerprint density at radius 2 is 1.93 bits per heavy atom. The molecule has 0 saturated carbocycles. The second-order valence-corrected chi connectivity index (χ2v) is 7.27. The molecule has 0 aliphatic carbocycles. The second-order valence-electron chi connectivity index (χ2n) is 6.87. The van der Waals surface area contributed by atoms with E-state index in [-0.39, 0.29) is 11.9 Å². The van der Waals surface area contributed by atoms with Gasteiger partial charge in [0.2, 0.25) is 0 Å². The lowest BCUT2D eigenvalue weighted by atomic mass is 9.96. The van der Waals surface area contributed by atoms with Crippen LogP contribution >= 0.6 is 11.6 Å². The fourth-order valence-corrected chi connectivity index (χ4v) is 3.98. The van der Waals surface area contributed by atoms with Crippen LogP contribution in [0.2, 0.25) is 5.02 Å². The van der Waals surface area contributed by atoms with Gasteiger partial charge >= 0.3 is 0 Å². The first-order valence-electron chi connectivity index (χ1n) is 9.43. The van der Waals surface area contributed by atoms with Gasteiger partial charge in [0.15, 0.2) is 0 Å². The van der Waals surface area contributed by atoms with Gasteiger partial charge in [-0.25, -0.2) is 0 Å². The van der Waals surface area contributed by atoms with E-state index in [4.69, 9.17) is 16.3 Å². The van der Waals surface area contributed by atoms with E-state index in [2.05, 4.69) is 17.1 Å². The summed E-state index contributed by atoms with van der Waals surface area (Å²) >= 11 is 6.54. The van der Waals surface area contributed by atoms with E-state index in [9.17, 15) is 4.79 Å². The number of carbonyl (C=O) groups excluding carboxylic acids is 1. The fraction of sp³-hybridized carbons (Fsp3) is 0.273. The van der Waals surface area contributed by atoms with Crippen molar-refractivity contribution >= 4 is 17.5 Å². The summed E-state index contributed by atoms with van der Waals surface area (Å²) in [6.45, 7) is 2.80. The molecule has 0 bridgehead atoms. The number of benzene rings is 2. The van der Waals surface area contributed by atoms with Gasteiger partial charge in [0, 0.05) is 22.7 Å². The Kier molecular flexibility index (Phi) is 5.09. The summed E-state index contributed by atoms with van der Waals surface area (Å²) in [5.41, 5.74) is 4.06. The maximum atomic E-state index is 13.1. The highest BCUT2D eigenvalue weighted by Crippen LogP contribution is 2.44. The van der Waals surface area contributed by atoms with Crippen molar-refractivity contribution in [3.8, 4) is 17.0 Å². The first-order valence-corrected chi connectivity index (χ1v) is 9.81. The van der Waals surface area contributed by atoms with Crippen LogP contribution in [0.15, 0.2) is 48.5 Å². The Morgan fingerprint density at radius 3 is 2.61 bits per heavy atom. The van der Waals surface area contributed by atoms with E-state index in [0.717, 1.165) is 41.0 Å². The normalized spacial score (nSPS) is 15.8. The molecular weight excluding hydrogens is 374 g/mol. The number of nitrogens with one attached hydrogen (secondary N) is 1. The quantitative estimate of drug-likeness (QED) is 0.632. The first-order chi connectivity index (χ1) is 13.7. The molecule has 6 heteroatoms. The van der Waals surface area contributed by atoms with Crippen molar-refractivity contribution in [2.45, 2.75) is 25.8 Å². The summed E-state index contributed by atoms with van der Waals surface area (Å²) in [4.78, 5) is 15.0. The topological polar surface area (TPSA) is 58.2 Å². The molecule has 1 amide bonds. The summed E-state index contributed by atoms with van der Waals surface area (Å²) in [5, 5.41) is 8.10. The van der Waals surface area contributed by atoms with Gasteiger partial charge in [-0.15, -0.1) is 0 Å². The van der Waals surface area contributed by atoms with E-state index in [1.807, 2.05) is 53.4 Å².